The highest BCUT2D eigenvalue weighted by atomic mass is 16.5. The summed E-state index contributed by atoms with van der Waals surface area (Å²) < 4.78 is 4.76. The van der Waals surface area contributed by atoms with E-state index in [-0.39, 0.29) is 5.97 Å². The number of esters is 1. The topological polar surface area (TPSA) is 51.2 Å². The molecule has 1 N–H and O–H groups in total. The van der Waals surface area contributed by atoms with Crippen LogP contribution in [-0.4, -0.2) is 23.6 Å². The largest absolute Gasteiger partial charge is 0.468 e. The zero-order chi connectivity index (χ0) is 13.9. The first-order valence-electron chi connectivity index (χ1n) is 6.05. The number of carbonyl (C=O) groups is 1. The van der Waals surface area contributed by atoms with Gasteiger partial charge in [-0.05, 0) is 26.0 Å². The van der Waals surface area contributed by atoms with E-state index in [1.54, 1.807) is 13.8 Å². The number of aromatic nitrogens is 1. The number of carbonyl (C=O) groups excluding carboxylic acids is 1. The predicted molar refractivity (Wildman–Crippen MR) is 72.3 cm³/mol. The molecule has 2 rings (SSSR count). The van der Waals surface area contributed by atoms with Crippen LogP contribution in [0.25, 0.3) is 10.9 Å². The van der Waals surface area contributed by atoms with E-state index >= 15 is 0 Å². The van der Waals surface area contributed by atoms with Crippen LogP contribution in [0, 0.1) is 12.3 Å². The number of methoxy groups -OCH3 is 1. The highest BCUT2D eigenvalue weighted by Gasteiger charge is 2.27. The molecule has 0 aliphatic heterocycles. The van der Waals surface area contributed by atoms with E-state index in [9.17, 15) is 4.79 Å². The molecule has 0 amide bonds. The Morgan fingerprint density at radius 1 is 1.42 bits per heavy atom. The molecule has 1 aromatic heterocycles. The minimum atomic E-state index is -0.743. The summed E-state index contributed by atoms with van der Waals surface area (Å²) in [7, 11) is 1.38. The van der Waals surface area contributed by atoms with Gasteiger partial charge in [0.1, 0.15) is 5.54 Å². The fourth-order valence-electron chi connectivity index (χ4n) is 1.83. The molecule has 0 saturated carbocycles. The predicted octanol–water partition coefficient (Wildman–Crippen LogP) is 1.88. The van der Waals surface area contributed by atoms with Gasteiger partial charge in [-0.25, -0.2) is 0 Å². The molecule has 0 unspecified atom stereocenters. The van der Waals surface area contributed by atoms with Crippen LogP contribution in [-0.2, 0) is 16.1 Å². The van der Waals surface area contributed by atoms with Crippen LogP contribution in [0.15, 0.2) is 24.3 Å². The van der Waals surface area contributed by atoms with Crippen molar-refractivity contribution in [3.05, 3.63) is 42.1 Å². The van der Waals surface area contributed by atoms with Crippen molar-refractivity contribution in [3.63, 3.8) is 0 Å². The van der Waals surface area contributed by atoms with Crippen LogP contribution < -0.4 is 5.32 Å². The maximum atomic E-state index is 11.6. The second kappa shape index (κ2) is 5.25. The third kappa shape index (κ3) is 2.83. The second-order valence-corrected chi connectivity index (χ2v) is 4.81. The Balaban J connectivity index is 2.21. The van der Waals surface area contributed by atoms with E-state index in [4.69, 9.17) is 4.74 Å². The maximum Gasteiger partial charge on any atom is 0.325 e. The highest BCUT2D eigenvalue weighted by molar-refractivity contribution is 5.82. The Labute approximate surface area is 112 Å². The average Bonchev–Trinajstić information content (AvgIpc) is 2.44. The van der Waals surface area contributed by atoms with Gasteiger partial charge in [-0.1, -0.05) is 18.2 Å². The summed E-state index contributed by atoms with van der Waals surface area (Å²) >= 11 is 0. The number of hydrogen-bond donors (Lipinski definition) is 1. The SMILES string of the molecule is COC(=O)C(C)(C)NCc1c#cnc2ccccc12. The summed E-state index contributed by atoms with van der Waals surface area (Å²) in [5, 5.41) is 4.17. The lowest BCUT2D eigenvalue weighted by Gasteiger charge is -2.23. The monoisotopic (exact) mass is 256 g/mol. The molecule has 0 aliphatic rings. The van der Waals surface area contributed by atoms with Crippen LogP contribution in [0.4, 0.5) is 0 Å². The maximum absolute atomic E-state index is 11.6. The number of rotatable bonds is 4. The van der Waals surface area contributed by atoms with Crippen LogP contribution in [0.1, 0.15) is 19.4 Å². The van der Waals surface area contributed by atoms with Crippen molar-refractivity contribution in [2.75, 3.05) is 7.11 Å². The van der Waals surface area contributed by atoms with Gasteiger partial charge in [-0.3, -0.25) is 10.1 Å². The molecule has 4 nitrogen and oxygen atoms in total. The molecule has 1 heterocycles. The van der Waals surface area contributed by atoms with Gasteiger partial charge in [0.05, 0.1) is 12.6 Å². The van der Waals surface area contributed by atoms with Gasteiger partial charge in [-0.2, -0.15) is 4.98 Å². The van der Waals surface area contributed by atoms with Crippen molar-refractivity contribution < 1.29 is 9.53 Å². The quantitative estimate of drug-likeness (QED) is 0.849. The zero-order valence-corrected chi connectivity index (χ0v) is 11.3. The lowest BCUT2D eigenvalue weighted by molar-refractivity contribution is -0.147. The Bertz CT molecular complexity index is 588. The Hall–Kier alpha value is -2.12. The van der Waals surface area contributed by atoms with Gasteiger partial charge in [0.25, 0.3) is 0 Å². The third-order valence-corrected chi connectivity index (χ3v) is 3.02. The number of ether oxygens (including phenoxy) is 1. The van der Waals surface area contributed by atoms with Crippen molar-refractivity contribution in [2.45, 2.75) is 25.9 Å². The molecule has 0 bridgehead atoms. The van der Waals surface area contributed by atoms with Gasteiger partial charge in [0.2, 0.25) is 0 Å². The van der Waals surface area contributed by atoms with Crippen molar-refractivity contribution in [2.24, 2.45) is 0 Å². The molecule has 0 fully saturated rings. The minimum absolute atomic E-state index is 0.296. The molecule has 1 aromatic carbocycles. The number of nitrogens with zero attached hydrogens (tertiary/aromatic N) is 1. The number of benzene rings is 1. The van der Waals surface area contributed by atoms with Gasteiger partial charge in [0, 0.05) is 23.7 Å². The highest BCUT2D eigenvalue weighted by Crippen LogP contribution is 2.15. The van der Waals surface area contributed by atoms with Crippen molar-refractivity contribution in [3.8, 4) is 0 Å². The summed E-state index contributed by atoms with van der Waals surface area (Å²) in [6.45, 7) is 4.07. The molecule has 0 radical (unpaired) electrons. The first-order valence-corrected chi connectivity index (χ1v) is 6.05. The van der Waals surface area contributed by atoms with Gasteiger partial charge < -0.3 is 4.74 Å². The van der Waals surface area contributed by atoms with E-state index in [0.717, 1.165) is 16.5 Å². The van der Waals surface area contributed by atoms with E-state index in [1.807, 2.05) is 24.3 Å². The zero-order valence-electron chi connectivity index (χ0n) is 11.3. The van der Waals surface area contributed by atoms with Crippen molar-refractivity contribution >= 4 is 16.9 Å². The standard InChI is InChI=1S/C15H16N2O2/c1-15(2,14(18)19-3)17-10-11-8-9-16-13-7-5-4-6-12(11)13/h4-7,17H,10H2,1-3H3. The minimum Gasteiger partial charge on any atom is -0.468 e. The number of hydrogen-bond acceptors (Lipinski definition) is 4. The van der Waals surface area contributed by atoms with Crippen LogP contribution >= 0.6 is 0 Å². The second-order valence-electron chi connectivity index (χ2n) is 4.81. The van der Waals surface area contributed by atoms with E-state index in [1.165, 1.54) is 7.11 Å². The average molecular weight is 256 g/mol. The van der Waals surface area contributed by atoms with Crippen LogP contribution in [0.2, 0.25) is 0 Å². The van der Waals surface area contributed by atoms with Crippen LogP contribution in [0.5, 0.6) is 0 Å². The molecular weight excluding hydrogens is 240 g/mol. The summed E-state index contributed by atoms with van der Waals surface area (Å²) in [6.07, 6.45) is 2.75. The Morgan fingerprint density at radius 3 is 2.89 bits per heavy atom. The molecule has 19 heavy (non-hydrogen) atoms. The van der Waals surface area contributed by atoms with Gasteiger partial charge in [0.15, 0.2) is 0 Å². The first kappa shape index (κ1) is 13.3. The molecule has 4 heteroatoms. The van der Waals surface area contributed by atoms with Crippen LogP contribution in [0.3, 0.4) is 0 Å². The summed E-state index contributed by atoms with van der Waals surface area (Å²) in [6, 6.07) is 10.8. The van der Waals surface area contributed by atoms with E-state index in [2.05, 4.69) is 22.6 Å². The molecule has 2 aromatic rings. The fraction of sp³-hybridized carbons (Fsp3) is 0.333. The van der Waals surface area contributed by atoms with Gasteiger partial charge in [-0.15, -0.1) is 0 Å². The molecule has 0 spiro atoms. The number of para-hydroxylation sites is 1. The fourth-order valence-corrected chi connectivity index (χ4v) is 1.83. The van der Waals surface area contributed by atoms with Crippen molar-refractivity contribution in [1.82, 2.24) is 10.3 Å². The van der Waals surface area contributed by atoms with Crippen molar-refractivity contribution in [1.29, 1.82) is 0 Å². The van der Waals surface area contributed by atoms with E-state index in [0.29, 0.717) is 6.54 Å². The first-order chi connectivity index (χ1) is 9.04. The molecule has 98 valence electrons. The lowest BCUT2D eigenvalue weighted by Crippen LogP contribution is -2.46. The van der Waals surface area contributed by atoms with Gasteiger partial charge >= 0.3 is 5.97 Å². The number of fused-ring (bicyclic) bond motifs is 1. The lowest BCUT2D eigenvalue weighted by atomic mass is 10.0. The normalized spacial score (nSPS) is 11.1. The molecule has 0 aliphatic carbocycles. The van der Waals surface area contributed by atoms with E-state index < -0.39 is 5.54 Å². The smallest absolute Gasteiger partial charge is 0.325 e. The molecular formula is C15H16N2O2. The molecule has 0 saturated heterocycles. The Morgan fingerprint density at radius 2 is 2.16 bits per heavy atom. The summed E-state index contributed by atoms with van der Waals surface area (Å²) in [5.74, 6) is -0.296. The third-order valence-electron chi connectivity index (χ3n) is 3.02. The summed E-state index contributed by atoms with van der Waals surface area (Å²) in [5.41, 5.74) is 1.06. The summed E-state index contributed by atoms with van der Waals surface area (Å²) in [4.78, 5) is 15.7. The number of nitrogens with one attached hydrogen (secondary N) is 1. The Kier molecular flexibility index (Phi) is 3.68. The molecule has 0 atom stereocenters.